The van der Waals surface area contributed by atoms with Gasteiger partial charge in [-0.15, -0.1) is 0 Å². The molecule has 1 heterocycles. The normalized spacial score (nSPS) is 11.6. The van der Waals surface area contributed by atoms with Crippen molar-refractivity contribution in [2.75, 3.05) is 23.7 Å². The lowest BCUT2D eigenvalue weighted by Gasteiger charge is -2.07. The van der Waals surface area contributed by atoms with Gasteiger partial charge in [-0.25, -0.2) is 8.42 Å². The number of nitrogens with zero attached hydrogens (tertiary/aromatic N) is 1. The summed E-state index contributed by atoms with van der Waals surface area (Å²) >= 11 is 0. The van der Waals surface area contributed by atoms with E-state index in [0.29, 0.717) is 18.0 Å². The van der Waals surface area contributed by atoms with Gasteiger partial charge in [-0.05, 0) is 6.92 Å². The van der Waals surface area contributed by atoms with Crippen LogP contribution in [0.4, 0.5) is 5.82 Å². The third-order valence-electron chi connectivity index (χ3n) is 1.90. The molecular weight excluding hydrogens is 232 g/mol. The van der Waals surface area contributed by atoms with E-state index >= 15 is 0 Å². The molecule has 1 aromatic heterocycles. The van der Waals surface area contributed by atoms with Gasteiger partial charge in [0.05, 0.1) is 18.6 Å². The first-order valence-corrected chi connectivity index (χ1v) is 6.55. The predicted molar refractivity (Wildman–Crippen MR) is 60.4 cm³/mol. The van der Waals surface area contributed by atoms with Crippen molar-refractivity contribution in [1.29, 1.82) is 0 Å². The number of ether oxygens (including phenoxy) is 1. The number of anilines is 1. The summed E-state index contributed by atoms with van der Waals surface area (Å²) in [5.41, 5.74) is 6.04. The molecule has 7 nitrogen and oxygen atoms in total. The molecule has 0 aromatic carbocycles. The van der Waals surface area contributed by atoms with E-state index in [1.165, 1.54) is 6.20 Å². The van der Waals surface area contributed by atoms with Crippen LogP contribution in [0.25, 0.3) is 0 Å². The van der Waals surface area contributed by atoms with Gasteiger partial charge in [-0.1, -0.05) is 0 Å². The highest BCUT2D eigenvalue weighted by atomic mass is 32.2. The van der Waals surface area contributed by atoms with E-state index in [2.05, 4.69) is 14.9 Å². The number of aromatic amines is 1. The fraction of sp³-hybridized carbons (Fsp3) is 0.625. The molecule has 0 saturated carbocycles. The number of sulfonamides is 1. The van der Waals surface area contributed by atoms with Crippen molar-refractivity contribution in [3.8, 4) is 0 Å². The zero-order valence-corrected chi connectivity index (χ0v) is 9.88. The van der Waals surface area contributed by atoms with Crippen LogP contribution in [0.2, 0.25) is 0 Å². The molecule has 0 amide bonds. The average molecular weight is 248 g/mol. The first-order chi connectivity index (χ1) is 7.59. The SMILES string of the molecule is CCOCCS(=O)(=O)Nc1[nH]ncc1CN. The molecule has 4 N–H and O–H groups in total. The van der Waals surface area contributed by atoms with Crippen LogP contribution in [0.15, 0.2) is 6.20 Å². The van der Waals surface area contributed by atoms with Crippen molar-refractivity contribution in [2.24, 2.45) is 5.73 Å². The molecule has 0 unspecified atom stereocenters. The number of hydrogen-bond donors (Lipinski definition) is 3. The zero-order valence-electron chi connectivity index (χ0n) is 9.06. The van der Waals surface area contributed by atoms with E-state index in [1.54, 1.807) is 0 Å². The summed E-state index contributed by atoms with van der Waals surface area (Å²) in [6.07, 6.45) is 1.49. The smallest absolute Gasteiger partial charge is 0.236 e. The summed E-state index contributed by atoms with van der Waals surface area (Å²) < 4.78 is 30.5. The Labute approximate surface area is 94.4 Å². The van der Waals surface area contributed by atoms with Crippen LogP contribution in [-0.4, -0.2) is 37.6 Å². The Balaban J connectivity index is 2.59. The maximum absolute atomic E-state index is 11.6. The lowest BCUT2D eigenvalue weighted by Crippen LogP contribution is -2.21. The van der Waals surface area contributed by atoms with E-state index in [4.69, 9.17) is 10.5 Å². The second kappa shape index (κ2) is 5.83. The number of nitrogens with one attached hydrogen (secondary N) is 2. The van der Waals surface area contributed by atoms with E-state index < -0.39 is 10.0 Å². The van der Waals surface area contributed by atoms with E-state index in [-0.39, 0.29) is 18.9 Å². The highest BCUT2D eigenvalue weighted by Crippen LogP contribution is 2.11. The predicted octanol–water partition coefficient (Wildman–Crippen LogP) is -0.353. The molecule has 0 aliphatic carbocycles. The largest absolute Gasteiger partial charge is 0.381 e. The molecule has 0 fully saturated rings. The third-order valence-corrected chi connectivity index (χ3v) is 3.12. The van der Waals surface area contributed by atoms with Crippen molar-refractivity contribution in [3.63, 3.8) is 0 Å². The minimum atomic E-state index is -3.41. The standard InChI is InChI=1S/C8H16N4O3S/c1-2-15-3-4-16(13,14)12-8-7(5-9)6-10-11-8/h6H,2-5,9H2,1H3,(H2,10,11,12). The van der Waals surface area contributed by atoms with Crippen molar-refractivity contribution < 1.29 is 13.2 Å². The van der Waals surface area contributed by atoms with Gasteiger partial charge in [0.25, 0.3) is 0 Å². The van der Waals surface area contributed by atoms with Gasteiger partial charge >= 0.3 is 0 Å². The van der Waals surface area contributed by atoms with Crippen molar-refractivity contribution in [2.45, 2.75) is 13.5 Å². The molecule has 92 valence electrons. The fourth-order valence-corrected chi connectivity index (χ4v) is 2.00. The van der Waals surface area contributed by atoms with E-state index in [0.717, 1.165) is 0 Å². The van der Waals surface area contributed by atoms with Crippen molar-refractivity contribution in [1.82, 2.24) is 10.2 Å². The van der Waals surface area contributed by atoms with Gasteiger partial charge < -0.3 is 10.5 Å². The molecule has 0 aliphatic rings. The highest BCUT2D eigenvalue weighted by Gasteiger charge is 2.13. The molecule has 0 saturated heterocycles. The van der Waals surface area contributed by atoms with Crippen LogP contribution in [-0.2, 0) is 21.3 Å². The Hall–Kier alpha value is -1.12. The van der Waals surface area contributed by atoms with Gasteiger partial charge in [0.2, 0.25) is 10.0 Å². The fourth-order valence-electron chi connectivity index (χ4n) is 1.07. The molecule has 1 rings (SSSR count). The highest BCUT2D eigenvalue weighted by molar-refractivity contribution is 7.92. The summed E-state index contributed by atoms with van der Waals surface area (Å²) in [7, 11) is -3.41. The lowest BCUT2D eigenvalue weighted by molar-refractivity contribution is 0.163. The van der Waals surface area contributed by atoms with Crippen molar-refractivity contribution in [3.05, 3.63) is 11.8 Å². The summed E-state index contributed by atoms with van der Waals surface area (Å²) in [6, 6.07) is 0. The molecule has 16 heavy (non-hydrogen) atoms. The Bertz CT molecular complexity index is 415. The minimum Gasteiger partial charge on any atom is -0.381 e. The monoisotopic (exact) mass is 248 g/mol. The van der Waals surface area contributed by atoms with Crippen LogP contribution in [0.3, 0.4) is 0 Å². The lowest BCUT2D eigenvalue weighted by atomic mass is 10.3. The first kappa shape index (κ1) is 12.9. The van der Waals surface area contributed by atoms with Gasteiger partial charge in [0, 0.05) is 18.7 Å². The molecule has 0 atom stereocenters. The molecule has 1 aromatic rings. The average Bonchev–Trinajstić information content (AvgIpc) is 2.64. The summed E-state index contributed by atoms with van der Waals surface area (Å²) in [6.45, 7) is 2.69. The molecule has 0 bridgehead atoms. The van der Waals surface area contributed by atoms with E-state index in [9.17, 15) is 8.42 Å². The second-order valence-corrected chi connectivity index (χ2v) is 4.93. The Kier molecular flexibility index (Phi) is 4.71. The van der Waals surface area contributed by atoms with Crippen LogP contribution < -0.4 is 10.5 Å². The number of H-pyrrole nitrogens is 1. The van der Waals surface area contributed by atoms with Gasteiger partial charge in [0.1, 0.15) is 5.82 Å². The van der Waals surface area contributed by atoms with Crippen LogP contribution in [0.5, 0.6) is 0 Å². The van der Waals surface area contributed by atoms with Crippen LogP contribution in [0.1, 0.15) is 12.5 Å². The number of rotatable bonds is 7. The molecule has 8 heteroatoms. The second-order valence-electron chi connectivity index (χ2n) is 3.09. The molecule has 0 aliphatic heterocycles. The summed E-state index contributed by atoms with van der Waals surface area (Å²) in [5.74, 6) is 0.225. The maximum Gasteiger partial charge on any atom is 0.236 e. The molecule has 0 spiro atoms. The maximum atomic E-state index is 11.6. The van der Waals surface area contributed by atoms with Gasteiger partial charge in [-0.3, -0.25) is 9.82 Å². The van der Waals surface area contributed by atoms with Crippen LogP contribution in [0, 0.1) is 0 Å². The number of hydrogen-bond acceptors (Lipinski definition) is 5. The molecular formula is C8H16N4O3S. The van der Waals surface area contributed by atoms with E-state index in [1.807, 2.05) is 6.92 Å². The third kappa shape index (κ3) is 3.80. The number of aromatic nitrogens is 2. The Morgan fingerprint density at radius 3 is 3.00 bits per heavy atom. The Morgan fingerprint density at radius 1 is 1.62 bits per heavy atom. The quantitative estimate of drug-likeness (QED) is 0.571. The van der Waals surface area contributed by atoms with Gasteiger partial charge in [-0.2, -0.15) is 5.10 Å². The van der Waals surface area contributed by atoms with Crippen LogP contribution >= 0.6 is 0 Å². The first-order valence-electron chi connectivity index (χ1n) is 4.89. The summed E-state index contributed by atoms with van der Waals surface area (Å²) in [5, 5.41) is 6.25. The Morgan fingerprint density at radius 2 is 2.38 bits per heavy atom. The zero-order chi connectivity index (χ0) is 12.0. The van der Waals surface area contributed by atoms with Gasteiger partial charge in [0.15, 0.2) is 0 Å². The van der Waals surface area contributed by atoms with Crippen molar-refractivity contribution >= 4 is 15.8 Å². The minimum absolute atomic E-state index is 0.0934. The summed E-state index contributed by atoms with van der Waals surface area (Å²) in [4.78, 5) is 0. The topological polar surface area (TPSA) is 110 Å². The molecule has 0 radical (unpaired) electrons. The number of nitrogens with two attached hydrogens (primary N) is 1.